The normalized spacial score (nSPS) is 10.5. The van der Waals surface area contributed by atoms with Gasteiger partial charge in [-0.3, -0.25) is 4.79 Å². The standard InChI is InChI=1S/C17H18BrNO2/c1-9-5-11(3)15(19)8-12(9)17(20)13-7-14(18)10(2)6-16(13)21-4/h5-8H,19H2,1-4H3. The lowest BCUT2D eigenvalue weighted by Gasteiger charge is -2.13. The van der Waals surface area contributed by atoms with Gasteiger partial charge >= 0.3 is 0 Å². The lowest BCUT2D eigenvalue weighted by Crippen LogP contribution is -2.08. The molecule has 0 spiro atoms. The Morgan fingerprint density at radius 1 is 1.00 bits per heavy atom. The van der Waals surface area contributed by atoms with Crippen LogP contribution in [-0.2, 0) is 0 Å². The van der Waals surface area contributed by atoms with Crippen LogP contribution in [-0.4, -0.2) is 12.9 Å². The maximum Gasteiger partial charge on any atom is 0.197 e. The van der Waals surface area contributed by atoms with Gasteiger partial charge in [0, 0.05) is 15.7 Å². The Balaban J connectivity index is 2.60. The highest BCUT2D eigenvalue weighted by Crippen LogP contribution is 2.30. The van der Waals surface area contributed by atoms with Gasteiger partial charge in [0.15, 0.2) is 5.78 Å². The SMILES string of the molecule is COc1cc(C)c(Br)cc1C(=O)c1cc(N)c(C)cc1C. The van der Waals surface area contributed by atoms with Gasteiger partial charge in [0.05, 0.1) is 12.7 Å². The number of rotatable bonds is 3. The number of hydrogen-bond acceptors (Lipinski definition) is 3. The van der Waals surface area contributed by atoms with Gasteiger partial charge in [-0.1, -0.05) is 22.0 Å². The summed E-state index contributed by atoms with van der Waals surface area (Å²) in [5.74, 6) is 0.482. The number of nitrogens with two attached hydrogens (primary N) is 1. The average molecular weight is 348 g/mol. The first-order valence-electron chi connectivity index (χ1n) is 6.60. The van der Waals surface area contributed by atoms with E-state index in [0.29, 0.717) is 22.6 Å². The number of methoxy groups -OCH3 is 1. The Morgan fingerprint density at radius 2 is 1.67 bits per heavy atom. The Kier molecular flexibility index (Phi) is 4.37. The molecule has 110 valence electrons. The van der Waals surface area contributed by atoms with Crippen LogP contribution in [0.3, 0.4) is 0 Å². The molecule has 21 heavy (non-hydrogen) atoms. The van der Waals surface area contributed by atoms with Crippen LogP contribution in [0.5, 0.6) is 5.75 Å². The second kappa shape index (κ2) is 5.90. The third-order valence-corrected chi connectivity index (χ3v) is 4.44. The van der Waals surface area contributed by atoms with Crippen LogP contribution < -0.4 is 10.5 Å². The van der Waals surface area contributed by atoms with Crippen LogP contribution in [0.2, 0.25) is 0 Å². The molecule has 0 heterocycles. The van der Waals surface area contributed by atoms with Gasteiger partial charge in [0.1, 0.15) is 5.75 Å². The molecule has 0 bridgehead atoms. The van der Waals surface area contributed by atoms with Gasteiger partial charge in [-0.2, -0.15) is 0 Å². The van der Waals surface area contributed by atoms with Crippen molar-refractivity contribution >= 4 is 27.4 Å². The fraction of sp³-hybridized carbons (Fsp3) is 0.235. The lowest BCUT2D eigenvalue weighted by atomic mass is 9.95. The van der Waals surface area contributed by atoms with E-state index in [1.807, 2.05) is 32.9 Å². The van der Waals surface area contributed by atoms with Crippen LogP contribution >= 0.6 is 15.9 Å². The number of nitrogen functional groups attached to an aromatic ring is 1. The van der Waals surface area contributed by atoms with Gasteiger partial charge in [-0.15, -0.1) is 0 Å². The first-order chi connectivity index (χ1) is 9.85. The number of ether oxygens (including phenoxy) is 1. The molecule has 0 unspecified atom stereocenters. The molecule has 2 aromatic carbocycles. The van der Waals surface area contributed by atoms with Crippen molar-refractivity contribution in [1.82, 2.24) is 0 Å². The Labute approximate surface area is 133 Å². The summed E-state index contributed by atoms with van der Waals surface area (Å²) in [6.07, 6.45) is 0. The average Bonchev–Trinajstić information content (AvgIpc) is 2.44. The molecule has 2 N–H and O–H groups in total. The number of halogens is 1. The number of carbonyl (C=O) groups is 1. The smallest absolute Gasteiger partial charge is 0.197 e. The summed E-state index contributed by atoms with van der Waals surface area (Å²) < 4.78 is 6.22. The molecule has 0 amide bonds. The molecular weight excluding hydrogens is 330 g/mol. The van der Waals surface area contributed by atoms with Gasteiger partial charge in [0.25, 0.3) is 0 Å². The van der Waals surface area contributed by atoms with E-state index in [0.717, 1.165) is 21.2 Å². The minimum absolute atomic E-state index is 0.0863. The maximum atomic E-state index is 12.8. The molecule has 0 radical (unpaired) electrons. The Hall–Kier alpha value is -1.81. The monoisotopic (exact) mass is 347 g/mol. The van der Waals surface area contributed by atoms with Crippen molar-refractivity contribution in [3.05, 3.63) is 56.6 Å². The first-order valence-corrected chi connectivity index (χ1v) is 7.40. The summed E-state index contributed by atoms with van der Waals surface area (Å²) in [5, 5.41) is 0. The fourth-order valence-corrected chi connectivity index (χ4v) is 2.60. The van der Waals surface area contributed by atoms with Crippen molar-refractivity contribution < 1.29 is 9.53 Å². The van der Waals surface area contributed by atoms with E-state index in [1.165, 1.54) is 0 Å². The van der Waals surface area contributed by atoms with E-state index >= 15 is 0 Å². The van der Waals surface area contributed by atoms with Crippen LogP contribution in [0, 0.1) is 20.8 Å². The molecule has 0 aliphatic carbocycles. The molecule has 3 nitrogen and oxygen atoms in total. The minimum Gasteiger partial charge on any atom is -0.496 e. The van der Waals surface area contributed by atoms with Crippen LogP contribution in [0.15, 0.2) is 28.7 Å². The van der Waals surface area contributed by atoms with E-state index in [2.05, 4.69) is 15.9 Å². The molecule has 0 aliphatic rings. The second-order valence-electron chi connectivity index (χ2n) is 5.15. The summed E-state index contributed by atoms with van der Waals surface area (Å²) in [4.78, 5) is 12.8. The number of benzene rings is 2. The van der Waals surface area contributed by atoms with Gasteiger partial charge in [0.2, 0.25) is 0 Å². The van der Waals surface area contributed by atoms with Crippen LogP contribution in [0.4, 0.5) is 5.69 Å². The van der Waals surface area contributed by atoms with Gasteiger partial charge in [-0.25, -0.2) is 0 Å². The summed E-state index contributed by atoms with van der Waals surface area (Å²) in [5.41, 5.74) is 10.6. The molecule has 0 saturated heterocycles. The zero-order valence-corrected chi connectivity index (χ0v) is 14.2. The molecule has 0 aromatic heterocycles. The number of carbonyl (C=O) groups excluding carboxylic acids is 1. The maximum absolute atomic E-state index is 12.8. The summed E-state index contributed by atoms with van der Waals surface area (Å²) in [6.45, 7) is 5.80. The summed E-state index contributed by atoms with van der Waals surface area (Å²) >= 11 is 3.46. The van der Waals surface area contributed by atoms with E-state index in [-0.39, 0.29) is 5.78 Å². The number of anilines is 1. The topological polar surface area (TPSA) is 52.3 Å². The van der Waals surface area contributed by atoms with Crippen LogP contribution in [0.1, 0.15) is 32.6 Å². The van der Waals surface area contributed by atoms with Crippen molar-refractivity contribution in [3.8, 4) is 5.75 Å². The Bertz CT molecular complexity index is 723. The zero-order valence-electron chi connectivity index (χ0n) is 12.6. The van der Waals surface area contributed by atoms with E-state index < -0.39 is 0 Å². The molecule has 0 fully saturated rings. The minimum atomic E-state index is -0.0863. The molecule has 0 aliphatic heterocycles. The van der Waals surface area contributed by atoms with Crippen molar-refractivity contribution in [2.24, 2.45) is 0 Å². The molecule has 2 aromatic rings. The number of ketones is 1. The molecule has 4 heteroatoms. The predicted molar refractivity (Wildman–Crippen MR) is 89.2 cm³/mol. The van der Waals surface area contributed by atoms with Crippen molar-refractivity contribution in [2.45, 2.75) is 20.8 Å². The largest absolute Gasteiger partial charge is 0.496 e. The number of hydrogen-bond donors (Lipinski definition) is 1. The Morgan fingerprint density at radius 3 is 2.29 bits per heavy atom. The highest BCUT2D eigenvalue weighted by molar-refractivity contribution is 9.10. The van der Waals surface area contributed by atoms with Gasteiger partial charge in [-0.05, 0) is 55.7 Å². The van der Waals surface area contributed by atoms with Crippen molar-refractivity contribution in [1.29, 1.82) is 0 Å². The van der Waals surface area contributed by atoms with Crippen molar-refractivity contribution in [3.63, 3.8) is 0 Å². The lowest BCUT2D eigenvalue weighted by molar-refractivity contribution is 0.103. The number of aryl methyl sites for hydroxylation is 3. The van der Waals surface area contributed by atoms with Crippen LogP contribution in [0.25, 0.3) is 0 Å². The van der Waals surface area contributed by atoms with Crippen molar-refractivity contribution in [2.75, 3.05) is 12.8 Å². The summed E-state index contributed by atoms with van der Waals surface area (Å²) in [6, 6.07) is 7.31. The highest BCUT2D eigenvalue weighted by Gasteiger charge is 2.18. The van der Waals surface area contributed by atoms with E-state index in [1.54, 1.807) is 19.2 Å². The molecule has 2 rings (SSSR count). The highest BCUT2D eigenvalue weighted by atomic mass is 79.9. The van der Waals surface area contributed by atoms with E-state index in [4.69, 9.17) is 10.5 Å². The molecular formula is C17H18BrNO2. The van der Waals surface area contributed by atoms with E-state index in [9.17, 15) is 4.79 Å². The summed E-state index contributed by atoms with van der Waals surface area (Å²) in [7, 11) is 1.57. The molecule has 0 atom stereocenters. The first kappa shape index (κ1) is 15.6. The molecule has 0 saturated carbocycles. The second-order valence-corrected chi connectivity index (χ2v) is 6.01. The third-order valence-electron chi connectivity index (χ3n) is 3.58. The third kappa shape index (κ3) is 2.95. The quantitative estimate of drug-likeness (QED) is 0.668. The van der Waals surface area contributed by atoms with Gasteiger partial charge < -0.3 is 10.5 Å². The predicted octanol–water partition coefficient (Wildman–Crippen LogP) is 4.20. The zero-order chi connectivity index (χ0) is 15.7. The fourth-order valence-electron chi connectivity index (χ4n) is 2.26.